The normalized spacial score (nSPS) is 11.1. The van der Waals surface area contributed by atoms with E-state index in [1.165, 1.54) is 0 Å². The Balaban J connectivity index is 1.65. The highest BCUT2D eigenvalue weighted by molar-refractivity contribution is 5.88. The third-order valence-electron chi connectivity index (χ3n) is 3.43. The summed E-state index contributed by atoms with van der Waals surface area (Å²) in [4.78, 5) is 13.0. The summed E-state index contributed by atoms with van der Waals surface area (Å²) in [5.74, 6) is 0.959. The molecule has 22 heavy (non-hydrogen) atoms. The Morgan fingerprint density at radius 2 is 1.95 bits per heavy atom. The lowest BCUT2D eigenvalue weighted by molar-refractivity contribution is 0.849. The zero-order valence-corrected chi connectivity index (χ0v) is 11.6. The number of fused-ring (bicyclic) bond motifs is 2. The summed E-state index contributed by atoms with van der Waals surface area (Å²) in [6.07, 6.45) is 3.47. The highest BCUT2D eigenvalue weighted by atomic mass is 15.3. The van der Waals surface area contributed by atoms with Crippen LogP contribution in [0.2, 0.25) is 0 Å². The first-order valence-corrected chi connectivity index (χ1v) is 6.85. The molecule has 0 unspecified atom stereocenters. The van der Waals surface area contributed by atoms with Gasteiger partial charge in [-0.25, -0.2) is 14.5 Å². The molecule has 0 radical (unpaired) electrons. The molecule has 108 valence electrons. The number of rotatable bonds is 3. The van der Waals surface area contributed by atoms with Crippen LogP contribution in [-0.2, 0) is 6.54 Å². The Bertz CT molecular complexity index is 960. The Labute approximate surface area is 125 Å². The standard InChI is InChI=1S/C15H13N7/c16-14-11-3-1-2-4-12(11)20-15(21-14)18-9-10-5-7-17-13-6-8-19-22(10)13/h1-8H,9H2,(H3,16,18,20,21). The van der Waals surface area contributed by atoms with Crippen LogP contribution >= 0.6 is 0 Å². The Morgan fingerprint density at radius 3 is 2.91 bits per heavy atom. The van der Waals surface area contributed by atoms with Gasteiger partial charge in [0, 0.05) is 17.6 Å². The molecular formula is C15H13N7. The van der Waals surface area contributed by atoms with Crippen molar-refractivity contribution in [3.63, 3.8) is 0 Å². The molecule has 0 aliphatic rings. The summed E-state index contributed by atoms with van der Waals surface area (Å²) in [6.45, 7) is 0.526. The average molecular weight is 291 g/mol. The van der Waals surface area contributed by atoms with E-state index in [2.05, 4.69) is 25.4 Å². The summed E-state index contributed by atoms with van der Waals surface area (Å²) in [5, 5.41) is 8.29. The fraction of sp³-hybridized carbons (Fsp3) is 0.0667. The molecule has 0 atom stereocenters. The van der Waals surface area contributed by atoms with Gasteiger partial charge in [-0.3, -0.25) is 0 Å². The summed E-state index contributed by atoms with van der Waals surface area (Å²) in [6, 6.07) is 11.4. The van der Waals surface area contributed by atoms with Crippen LogP contribution in [0.25, 0.3) is 16.6 Å². The smallest absolute Gasteiger partial charge is 0.225 e. The molecule has 0 bridgehead atoms. The fourth-order valence-corrected chi connectivity index (χ4v) is 2.37. The van der Waals surface area contributed by atoms with E-state index in [4.69, 9.17) is 5.73 Å². The van der Waals surface area contributed by atoms with Gasteiger partial charge in [0.15, 0.2) is 5.65 Å². The molecule has 1 aromatic carbocycles. The van der Waals surface area contributed by atoms with Crippen molar-refractivity contribution < 1.29 is 0 Å². The van der Waals surface area contributed by atoms with Crippen molar-refractivity contribution in [2.45, 2.75) is 6.54 Å². The van der Waals surface area contributed by atoms with Crippen LogP contribution in [-0.4, -0.2) is 24.6 Å². The Morgan fingerprint density at radius 1 is 1.05 bits per heavy atom. The second-order valence-electron chi connectivity index (χ2n) is 4.84. The number of aromatic nitrogens is 5. The highest BCUT2D eigenvalue weighted by Crippen LogP contribution is 2.19. The summed E-state index contributed by atoms with van der Waals surface area (Å²) >= 11 is 0. The number of hydrogen-bond donors (Lipinski definition) is 2. The van der Waals surface area contributed by atoms with Crippen molar-refractivity contribution in [3.8, 4) is 0 Å². The van der Waals surface area contributed by atoms with E-state index in [1.54, 1.807) is 16.9 Å². The lowest BCUT2D eigenvalue weighted by Crippen LogP contribution is -2.09. The number of nitrogen functional groups attached to an aromatic ring is 1. The first kappa shape index (κ1) is 12.5. The van der Waals surface area contributed by atoms with Crippen LogP contribution in [0.3, 0.4) is 0 Å². The van der Waals surface area contributed by atoms with Crippen molar-refractivity contribution in [3.05, 3.63) is 54.5 Å². The summed E-state index contributed by atoms with van der Waals surface area (Å²) < 4.78 is 1.78. The van der Waals surface area contributed by atoms with Crippen LogP contribution in [0.15, 0.2) is 48.8 Å². The van der Waals surface area contributed by atoms with Gasteiger partial charge in [0.25, 0.3) is 0 Å². The van der Waals surface area contributed by atoms with Gasteiger partial charge in [-0.2, -0.15) is 10.1 Å². The van der Waals surface area contributed by atoms with Gasteiger partial charge in [-0.05, 0) is 18.2 Å². The van der Waals surface area contributed by atoms with Crippen LogP contribution in [0.1, 0.15) is 5.69 Å². The van der Waals surface area contributed by atoms with Crippen LogP contribution in [0.4, 0.5) is 11.8 Å². The third kappa shape index (κ3) is 2.08. The van der Waals surface area contributed by atoms with E-state index in [1.807, 2.05) is 36.4 Å². The number of nitrogens with two attached hydrogens (primary N) is 1. The van der Waals surface area contributed by atoms with Crippen LogP contribution < -0.4 is 11.1 Å². The number of anilines is 2. The molecule has 0 spiro atoms. The molecule has 0 saturated carbocycles. The molecule has 3 heterocycles. The van der Waals surface area contributed by atoms with E-state index in [-0.39, 0.29) is 0 Å². The number of nitrogens with zero attached hydrogens (tertiary/aromatic N) is 5. The van der Waals surface area contributed by atoms with Gasteiger partial charge < -0.3 is 11.1 Å². The van der Waals surface area contributed by atoms with E-state index < -0.39 is 0 Å². The maximum absolute atomic E-state index is 5.98. The topological polar surface area (TPSA) is 94.0 Å². The monoisotopic (exact) mass is 291 g/mol. The van der Waals surface area contributed by atoms with Crippen LogP contribution in [0.5, 0.6) is 0 Å². The van der Waals surface area contributed by atoms with Crippen molar-refractivity contribution >= 4 is 28.3 Å². The van der Waals surface area contributed by atoms with Crippen molar-refractivity contribution in [1.29, 1.82) is 0 Å². The maximum Gasteiger partial charge on any atom is 0.225 e. The molecule has 7 heteroatoms. The summed E-state index contributed by atoms with van der Waals surface area (Å²) in [7, 11) is 0. The number of para-hydroxylation sites is 1. The zero-order chi connectivity index (χ0) is 14.9. The first-order valence-electron chi connectivity index (χ1n) is 6.85. The van der Waals surface area contributed by atoms with E-state index >= 15 is 0 Å². The van der Waals surface area contributed by atoms with Gasteiger partial charge in [0.2, 0.25) is 5.95 Å². The van der Waals surface area contributed by atoms with Gasteiger partial charge >= 0.3 is 0 Å². The van der Waals surface area contributed by atoms with Crippen LogP contribution in [0, 0.1) is 0 Å². The predicted octanol–water partition coefficient (Wildman–Crippen LogP) is 1.87. The number of benzene rings is 1. The molecular weight excluding hydrogens is 278 g/mol. The quantitative estimate of drug-likeness (QED) is 0.598. The third-order valence-corrected chi connectivity index (χ3v) is 3.43. The molecule has 0 fully saturated rings. The van der Waals surface area contributed by atoms with Gasteiger partial charge in [0.1, 0.15) is 5.82 Å². The minimum absolute atomic E-state index is 0.465. The molecule has 0 aliphatic carbocycles. The number of nitrogens with one attached hydrogen (secondary N) is 1. The largest absolute Gasteiger partial charge is 0.383 e. The fourth-order valence-electron chi connectivity index (χ4n) is 2.37. The molecule has 3 aromatic heterocycles. The molecule has 0 amide bonds. The Hall–Kier alpha value is -3.22. The second-order valence-corrected chi connectivity index (χ2v) is 4.84. The SMILES string of the molecule is Nc1nc(NCc2ccnc3ccnn23)nc2ccccc12. The lowest BCUT2D eigenvalue weighted by Gasteiger charge is -2.08. The molecule has 4 aromatic rings. The van der Waals surface area contributed by atoms with Crippen molar-refractivity contribution in [2.24, 2.45) is 0 Å². The number of hydrogen-bond acceptors (Lipinski definition) is 6. The molecule has 3 N–H and O–H groups in total. The predicted molar refractivity (Wildman–Crippen MR) is 84.3 cm³/mol. The highest BCUT2D eigenvalue weighted by Gasteiger charge is 2.06. The van der Waals surface area contributed by atoms with Gasteiger partial charge in [-0.15, -0.1) is 0 Å². The van der Waals surface area contributed by atoms with Gasteiger partial charge in [0.05, 0.1) is 24.0 Å². The van der Waals surface area contributed by atoms with Crippen molar-refractivity contribution in [1.82, 2.24) is 24.6 Å². The molecule has 0 aliphatic heterocycles. The first-order chi connectivity index (χ1) is 10.8. The minimum atomic E-state index is 0.465. The molecule has 7 nitrogen and oxygen atoms in total. The summed E-state index contributed by atoms with van der Waals surface area (Å²) in [5.41, 5.74) is 8.56. The second kappa shape index (κ2) is 4.96. The van der Waals surface area contributed by atoms with E-state index in [0.717, 1.165) is 22.2 Å². The minimum Gasteiger partial charge on any atom is -0.383 e. The van der Waals surface area contributed by atoms with Gasteiger partial charge in [-0.1, -0.05) is 12.1 Å². The average Bonchev–Trinajstić information content (AvgIpc) is 3.02. The van der Waals surface area contributed by atoms with Crippen molar-refractivity contribution in [2.75, 3.05) is 11.1 Å². The molecule has 4 rings (SSSR count). The van der Waals surface area contributed by atoms with E-state index in [9.17, 15) is 0 Å². The molecule has 0 saturated heterocycles. The Kier molecular flexibility index (Phi) is 2.82. The lowest BCUT2D eigenvalue weighted by atomic mass is 10.2. The van der Waals surface area contributed by atoms with E-state index in [0.29, 0.717) is 18.3 Å². The zero-order valence-electron chi connectivity index (χ0n) is 11.6. The maximum atomic E-state index is 5.98.